The highest BCUT2D eigenvalue weighted by Gasteiger charge is 2.41. The highest BCUT2D eigenvalue weighted by atomic mass is 32.2. The molecule has 2 atom stereocenters. The SMILES string of the molecule is COc1ccc(N2C(=O)CC(Sc3nc4ccccc4n3CCc3ccc(NS(=O)O)cc3)C2=O)cc1. The third-order valence-electron chi connectivity index (χ3n) is 6.09. The highest BCUT2D eigenvalue weighted by molar-refractivity contribution is 8.00. The molecule has 1 aliphatic rings. The van der Waals surface area contributed by atoms with Gasteiger partial charge in [0.2, 0.25) is 11.8 Å². The van der Waals surface area contributed by atoms with Gasteiger partial charge in [-0.05, 0) is 60.5 Å². The second kappa shape index (κ2) is 10.8. The van der Waals surface area contributed by atoms with E-state index < -0.39 is 16.5 Å². The van der Waals surface area contributed by atoms with Gasteiger partial charge in [-0.3, -0.25) is 18.9 Å². The Labute approximate surface area is 220 Å². The third-order valence-corrected chi connectivity index (χ3v) is 7.67. The van der Waals surface area contributed by atoms with E-state index in [1.165, 1.54) is 16.7 Å². The van der Waals surface area contributed by atoms with Crippen LogP contribution < -0.4 is 14.4 Å². The lowest BCUT2D eigenvalue weighted by Crippen LogP contribution is -2.31. The first-order valence-corrected chi connectivity index (χ1v) is 13.5. The van der Waals surface area contributed by atoms with Gasteiger partial charge in [0.15, 0.2) is 5.16 Å². The Bertz CT molecular complexity index is 1470. The summed E-state index contributed by atoms with van der Waals surface area (Å²) in [6, 6.07) is 21.9. The minimum atomic E-state index is -2.12. The number of rotatable bonds is 9. The molecule has 2 N–H and O–H groups in total. The van der Waals surface area contributed by atoms with Crippen LogP contribution in [0.15, 0.2) is 78.0 Å². The zero-order valence-electron chi connectivity index (χ0n) is 19.9. The summed E-state index contributed by atoms with van der Waals surface area (Å²) < 4.78 is 29.6. The Kier molecular flexibility index (Phi) is 7.26. The minimum Gasteiger partial charge on any atom is -0.497 e. The molecule has 0 spiro atoms. The first kappa shape index (κ1) is 25.0. The van der Waals surface area contributed by atoms with Crippen molar-refractivity contribution in [1.29, 1.82) is 0 Å². The highest BCUT2D eigenvalue weighted by Crippen LogP contribution is 2.35. The topological polar surface area (TPSA) is 114 Å². The Morgan fingerprint density at radius 2 is 1.81 bits per heavy atom. The van der Waals surface area contributed by atoms with Gasteiger partial charge in [-0.25, -0.2) is 14.1 Å². The number of fused-ring (bicyclic) bond motifs is 1. The van der Waals surface area contributed by atoms with Gasteiger partial charge in [0.1, 0.15) is 11.0 Å². The predicted octanol–water partition coefficient (Wildman–Crippen LogP) is 4.26. The number of aryl methyl sites for hydroxylation is 2. The van der Waals surface area contributed by atoms with Gasteiger partial charge in [0.25, 0.3) is 11.3 Å². The van der Waals surface area contributed by atoms with Crippen molar-refractivity contribution in [2.45, 2.75) is 29.8 Å². The van der Waals surface area contributed by atoms with Crippen LogP contribution in [0.5, 0.6) is 5.75 Å². The van der Waals surface area contributed by atoms with Crippen molar-refractivity contribution in [2.24, 2.45) is 0 Å². The predicted molar refractivity (Wildman–Crippen MR) is 144 cm³/mol. The van der Waals surface area contributed by atoms with E-state index in [1.54, 1.807) is 43.5 Å². The molecule has 1 saturated heterocycles. The molecule has 9 nitrogen and oxygen atoms in total. The summed E-state index contributed by atoms with van der Waals surface area (Å²) >= 11 is -0.811. The number of aromatic nitrogens is 2. The second-order valence-corrected chi connectivity index (χ2v) is 10.3. The van der Waals surface area contributed by atoms with Crippen LogP contribution in [0.4, 0.5) is 11.4 Å². The van der Waals surface area contributed by atoms with E-state index in [0.717, 1.165) is 16.6 Å². The number of imide groups is 1. The Balaban J connectivity index is 1.36. The fourth-order valence-corrected chi connectivity index (χ4v) is 5.76. The van der Waals surface area contributed by atoms with Crippen LogP contribution in [0, 0.1) is 0 Å². The van der Waals surface area contributed by atoms with E-state index in [-0.39, 0.29) is 18.2 Å². The number of carbonyl (C=O) groups excluding carboxylic acids is 2. The molecule has 2 heterocycles. The first-order chi connectivity index (χ1) is 17.9. The largest absolute Gasteiger partial charge is 0.497 e. The molecule has 0 radical (unpaired) electrons. The van der Waals surface area contributed by atoms with Crippen LogP contribution in [0.2, 0.25) is 0 Å². The lowest BCUT2D eigenvalue weighted by molar-refractivity contribution is -0.121. The molecule has 1 aliphatic heterocycles. The molecule has 1 fully saturated rings. The van der Waals surface area contributed by atoms with Crippen molar-refractivity contribution >= 4 is 57.3 Å². The quantitative estimate of drug-likeness (QED) is 0.243. The van der Waals surface area contributed by atoms with Crippen molar-refractivity contribution in [3.05, 3.63) is 78.4 Å². The number of benzene rings is 3. The molecule has 2 unspecified atom stereocenters. The number of para-hydroxylation sites is 2. The van der Waals surface area contributed by atoms with Gasteiger partial charge in [-0.1, -0.05) is 36.0 Å². The number of imidazole rings is 1. The summed E-state index contributed by atoms with van der Waals surface area (Å²) in [6.07, 6.45) is 0.783. The number of nitrogens with zero attached hydrogens (tertiary/aromatic N) is 3. The molecular weight excluding hydrogens is 512 g/mol. The first-order valence-electron chi connectivity index (χ1n) is 11.5. The number of hydrogen-bond donors (Lipinski definition) is 2. The third kappa shape index (κ3) is 5.38. The average molecular weight is 537 g/mol. The van der Waals surface area contributed by atoms with Crippen LogP contribution in [0.1, 0.15) is 12.0 Å². The number of methoxy groups -OCH3 is 1. The van der Waals surface area contributed by atoms with Crippen molar-refractivity contribution in [3.8, 4) is 5.75 Å². The molecule has 5 rings (SSSR count). The van der Waals surface area contributed by atoms with Crippen molar-refractivity contribution in [2.75, 3.05) is 16.7 Å². The molecule has 4 aromatic rings. The zero-order valence-corrected chi connectivity index (χ0v) is 21.5. The number of thioether (sulfide) groups is 1. The van der Waals surface area contributed by atoms with E-state index >= 15 is 0 Å². The molecule has 0 saturated carbocycles. The molecular formula is C26H24N4O5S2. The monoisotopic (exact) mass is 536 g/mol. The van der Waals surface area contributed by atoms with Crippen molar-refractivity contribution < 1.29 is 23.1 Å². The smallest absolute Gasteiger partial charge is 0.259 e. The van der Waals surface area contributed by atoms with E-state index in [1.807, 2.05) is 36.4 Å². The van der Waals surface area contributed by atoms with E-state index in [4.69, 9.17) is 14.3 Å². The van der Waals surface area contributed by atoms with Gasteiger partial charge in [-0.15, -0.1) is 0 Å². The van der Waals surface area contributed by atoms with Gasteiger partial charge in [-0.2, -0.15) is 0 Å². The van der Waals surface area contributed by atoms with E-state index in [0.29, 0.717) is 35.2 Å². The van der Waals surface area contributed by atoms with Gasteiger partial charge in [0, 0.05) is 18.7 Å². The van der Waals surface area contributed by atoms with Crippen LogP contribution >= 0.6 is 11.8 Å². The van der Waals surface area contributed by atoms with Gasteiger partial charge in [0.05, 0.1) is 23.8 Å². The maximum absolute atomic E-state index is 13.3. The summed E-state index contributed by atoms with van der Waals surface area (Å²) in [5.74, 6) is 0.146. The number of nitrogens with one attached hydrogen (secondary N) is 1. The van der Waals surface area contributed by atoms with Crippen LogP contribution in [0.25, 0.3) is 11.0 Å². The fourth-order valence-electron chi connectivity index (χ4n) is 4.27. The van der Waals surface area contributed by atoms with Gasteiger partial charge >= 0.3 is 0 Å². The summed E-state index contributed by atoms with van der Waals surface area (Å²) in [7, 11) is 1.56. The summed E-state index contributed by atoms with van der Waals surface area (Å²) in [5.41, 5.74) is 3.89. The molecule has 11 heteroatoms. The van der Waals surface area contributed by atoms with E-state index in [9.17, 15) is 13.8 Å². The summed E-state index contributed by atoms with van der Waals surface area (Å²) in [6.45, 7) is 0.610. The van der Waals surface area contributed by atoms with E-state index in [2.05, 4.69) is 9.29 Å². The second-order valence-electron chi connectivity index (χ2n) is 8.41. The summed E-state index contributed by atoms with van der Waals surface area (Å²) in [5, 5.41) is 0.104. The molecule has 0 bridgehead atoms. The number of amides is 2. The molecule has 2 amide bonds. The van der Waals surface area contributed by atoms with Crippen molar-refractivity contribution in [3.63, 3.8) is 0 Å². The van der Waals surface area contributed by atoms with Crippen molar-refractivity contribution in [1.82, 2.24) is 9.55 Å². The lowest BCUT2D eigenvalue weighted by Gasteiger charge is -2.15. The molecule has 37 heavy (non-hydrogen) atoms. The maximum atomic E-state index is 13.3. The number of hydrogen-bond acceptors (Lipinski definition) is 6. The minimum absolute atomic E-state index is 0.0967. The number of ether oxygens (including phenoxy) is 1. The Morgan fingerprint density at radius 3 is 2.51 bits per heavy atom. The van der Waals surface area contributed by atoms with Crippen LogP contribution in [0.3, 0.4) is 0 Å². The maximum Gasteiger partial charge on any atom is 0.259 e. The molecule has 3 aromatic carbocycles. The zero-order chi connectivity index (χ0) is 25.9. The number of carbonyl (C=O) groups is 2. The molecule has 190 valence electrons. The number of anilines is 2. The van der Waals surface area contributed by atoms with Crippen LogP contribution in [-0.4, -0.2) is 42.5 Å². The average Bonchev–Trinajstić information content (AvgIpc) is 3.38. The molecule has 0 aliphatic carbocycles. The molecule has 1 aromatic heterocycles. The summed E-state index contributed by atoms with van der Waals surface area (Å²) in [4.78, 5) is 32.1. The van der Waals surface area contributed by atoms with Gasteiger partial charge < -0.3 is 9.30 Å². The van der Waals surface area contributed by atoms with Crippen LogP contribution in [-0.2, 0) is 33.8 Å². The lowest BCUT2D eigenvalue weighted by atomic mass is 10.1. The fraction of sp³-hybridized carbons (Fsp3) is 0.192. The normalized spacial score (nSPS) is 16.4. The Morgan fingerprint density at radius 1 is 1.08 bits per heavy atom. The standard InChI is InChI=1S/C26H24N4O5S2/c1-35-20-12-10-19(11-13-20)30-24(31)16-23(25(30)32)36-26-27-21-4-2-3-5-22(21)29(26)15-14-17-6-8-18(9-7-17)28-37(33)34/h2-13,23,28H,14-16H2,1H3,(H,33,34). The Hall–Kier alpha value is -3.67.